The van der Waals surface area contributed by atoms with Crippen molar-refractivity contribution in [1.29, 1.82) is 0 Å². The fourth-order valence-electron chi connectivity index (χ4n) is 1.52. The normalized spacial score (nSPS) is 12.7. The van der Waals surface area contributed by atoms with Gasteiger partial charge in [-0.3, -0.25) is 0 Å². The summed E-state index contributed by atoms with van der Waals surface area (Å²) in [6.45, 7) is 5.75. The second-order valence-electron chi connectivity index (χ2n) is 3.35. The Bertz CT molecular complexity index is 303. The molecule has 1 rings (SSSR count). The van der Waals surface area contributed by atoms with E-state index in [0.717, 1.165) is 22.4 Å². The van der Waals surface area contributed by atoms with Gasteiger partial charge < -0.3 is 9.84 Å². The second-order valence-corrected chi connectivity index (χ2v) is 3.35. The lowest BCUT2D eigenvalue weighted by atomic mass is 10.0. The molecule has 72 valence electrons. The van der Waals surface area contributed by atoms with Crippen molar-refractivity contribution in [1.82, 2.24) is 0 Å². The van der Waals surface area contributed by atoms with E-state index in [-0.39, 0.29) is 0 Å². The standard InChI is InChI=1S/C11H16O2/c1-7-5-8(2)11(13-4)6-10(7)9(3)12/h5-6,9,12H,1-4H3. The van der Waals surface area contributed by atoms with Crippen molar-refractivity contribution in [2.45, 2.75) is 26.9 Å². The van der Waals surface area contributed by atoms with Gasteiger partial charge in [0.1, 0.15) is 5.75 Å². The van der Waals surface area contributed by atoms with Gasteiger partial charge in [0.15, 0.2) is 0 Å². The molecule has 1 aromatic rings. The molecule has 2 heteroatoms. The van der Waals surface area contributed by atoms with Crippen LogP contribution in [0.3, 0.4) is 0 Å². The summed E-state index contributed by atoms with van der Waals surface area (Å²) in [6.07, 6.45) is -0.436. The number of rotatable bonds is 2. The van der Waals surface area contributed by atoms with Crippen LogP contribution in [0.15, 0.2) is 12.1 Å². The first-order valence-corrected chi connectivity index (χ1v) is 4.39. The molecule has 0 fully saturated rings. The molecule has 0 bridgehead atoms. The molecule has 13 heavy (non-hydrogen) atoms. The number of hydrogen-bond donors (Lipinski definition) is 1. The first-order valence-electron chi connectivity index (χ1n) is 4.39. The summed E-state index contributed by atoms with van der Waals surface area (Å²) in [5, 5.41) is 9.46. The van der Waals surface area contributed by atoms with Gasteiger partial charge in [-0.2, -0.15) is 0 Å². The smallest absolute Gasteiger partial charge is 0.122 e. The van der Waals surface area contributed by atoms with E-state index in [1.165, 1.54) is 0 Å². The zero-order chi connectivity index (χ0) is 10.0. The van der Waals surface area contributed by atoms with Crippen LogP contribution in [0, 0.1) is 13.8 Å². The Hall–Kier alpha value is -1.02. The molecule has 0 aliphatic carbocycles. The topological polar surface area (TPSA) is 29.5 Å². The Balaban J connectivity index is 3.22. The average Bonchev–Trinajstić information content (AvgIpc) is 2.03. The zero-order valence-electron chi connectivity index (χ0n) is 8.59. The Morgan fingerprint density at radius 3 is 2.31 bits per heavy atom. The number of aryl methyl sites for hydroxylation is 2. The molecule has 1 N–H and O–H groups in total. The van der Waals surface area contributed by atoms with Gasteiger partial charge in [-0.25, -0.2) is 0 Å². The van der Waals surface area contributed by atoms with Crippen molar-refractivity contribution in [3.05, 3.63) is 28.8 Å². The van der Waals surface area contributed by atoms with Gasteiger partial charge in [0, 0.05) is 0 Å². The van der Waals surface area contributed by atoms with E-state index < -0.39 is 6.10 Å². The van der Waals surface area contributed by atoms with Crippen molar-refractivity contribution < 1.29 is 9.84 Å². The Labute approximate surface area is 79.2 Å². The van der Waals surface area contributed by atoms with E-state index in [9.17, 15) is 5.11 Å². The summed E-state index contributed by atoms with van der Waals surface area (Å²) in [5.74, 6) is 0.835. The average molecular weight is 180 g/mol. The Morgan fingerprint density at radius 2 is 1.85 bits per heavy atom. The van der Waals surface area contributed by atoms with Gasteiger partial charge in [0.05, 0.1) is 13.2 Å². The molecule has 2 nitrogen and oxygen atoms in total. The summed E-state index contributed by atoms with van der Waals surface area (Å²) < 4.78 is 5.18. The van der Waals surface area contributed by atoms with Crippen LogP contribution in [-0.2, 0) is 0 Å². The minimum atomic E-state index is -0.436. The van der Waals surface area contributed by atoms with E-state index in [2.05, 4.69) is 0 Å². The summed E-state index contributed by atoms with van der Waals surface area (Å²) in [7, 11) is 1.64. The first-order chi connectivity index (χ1) is 6.06. The maximum atomic E-state index is 9.46. The maximum Gasteiger partial charge on any atom is 0.122 e. The molecule has 0 aliphatic heterocycles. The van der Waals surface area contributed by atoms with Crippen molar-refractivity contribution >= 4 is 0 Å². The third kappa shape index (κ3) is 2.01. The van der Waals surface area contributed by atoms with Gasteiger partial charge >= 0.3 is 0 Å². The quantitative estimate of drug-likeness (QED) is 0.757. The van der Waals surface area contributed by atoms with E-state index in [4.69, 9.17) is 4.74 Å². The lowest BCUT2D eigenvalue weighted by Crippen LogP contribution is -1.97. The molecule has 0 saturated carbocycles. The van der Waals surface area contributed by atoms with Gasteiger partial charge in [-0.15, -0.1) is 0 Å². The van der Waals surface area contributed by atoms with Crippen LogP contribution in [0.25, 0.3) is 0 Å². The van der Waals surface area contributed by atoms with Crippen molar-refractivity contribution in [3.8, 4) is 5.75 Å². The monoisotopic (exact) mass is 180 g/mol. The minimum Gasteiger partial charge on any atom is -0.496 e. The highest BCUT2D eigenvalue weighted by Gasteiger charge is 2.08. The van der Waals surface area contributed by atoms with E-state index in [1.54, 1.807) is 14.0 Å². The molecule has 0 saturated heterocycles. The molecule has 0 radical (unpaired) electrons. The van der Waals surface area contributed by atoms with Crippen molar-refractivity contribution in [3.63, 3.8) is 0 Å². The largest absolute Gasteiger partial charge is 0.496 e. The van der Waals surface area contributed by atoms with E-state index in [0.29, 0.717) is 0 Å². The highest BCUT2D eigenvalue weighted by Crippen LogP contribution is 2.26. The number of benzene rings is 1. The summed E-state index contributed by atoms with van der Waals surface area (Å²) in [6, 6.07) is 3.93. The Morgan fingerprint density at radius 1 is 1.23 bits per heavy atom. The zero-order valence-corrected chi connectivity index (χ0v) is 8.59. The van der Waals surface area contributed by atoms with E-state index >= 15 is 0 Å². The molecule has 0 aliphatic rings. The van der Waals surface area contributed by atoms with Crippen LogP contribution in [-0.4, -0.2) is 12.2 Å². The summed E-state index contributed by atoms with van der Waals surface area (Å²) in [5.41, 5.74) is 3.14. The van der Waals surface area contributed by atoms with Gasteiger partial charge in [0.25, 0.3) is 0 Å². The number of ether oxygens (including phenoxy) is 1. The van der Waals surface area contributed by atoms with Crippen LogP contribution in [0.1, 0.15) is 29.7 Å². The van der Waals surface area contributed by atoms with Gasteiger partial charge in [-0.05, 0) is 43.5 Å². The second kappa shape index (κ2) is 3.79. The molecule has 0 spiro atoms. The van der Waals surface area contributed by atoms with Crippen molar-refractivity contribution in [2.24, 2.45) is 0 Å². The van der Waals surface area contributed by atoms with Crippen LogP contribution in [0.2, 0.25) is 0 Å². The Kier molecular flexibility index (Phi) is 2.94. The predicted molar refractivity (Wildman–Crippen MR) is 53.1 cm³/mol. The van der Waals surface area contributed by atoms with Crippen LogP contribution in [0.4, 0.5) is 0 Å². The molecular weight excluding hydrogens is 164 g/mol. The molecule has 0 amide bonds. The molecule has 0 heterocycles. The SMILES string of the molecule is COc1cc(C(C)O)c(C)cc1C. The fraction of sp³-hybridized carbons (Fsp3) is 0.455. The lowest BCUT2D eigenvalue weighted by molar-refractivity contribution is 0.198. The van der Waals surface area contributed by atoms with E-state index in [1.807, 2.05) is 26.0 Å². The van der Waals surface area contributed by atoms with Crippen LogP contribution < -0.4 is 4.74 Å². The molecule has 0 aromatic heterocycles. The third-order valence-electron chi connectivity index (χ3n) is 2.23. The predicted octanol–water partition coefficient (Wildman–Crippen LogP) is 2.37. The molecule has 1 atom stereocenters. The molecule has 1 aromatic carbocycles. The van der Waals surface area contributed by atoms with Crippen LogP contribution >= 0.6 is 0 Å². The number of hydrogen-bond acceptors (Lipinski definition) is 2. The molecule has 1 unspecified atom stereocenters. The third-order valence-corrected chi connectivity index (χ3v) is 2.23. The van der Waals surface area contributed by atoms with Crippen molar-refractivity contribution in [2.75, 3.05) is 7.11 Å². The highest BCUT2D eigenvalue weighted by molar-refractivity contribution is 5.42. The minimum absolute atomic E-state index is 0.436. The fourth-order valence-corrected chi connectivity index (χ4v) is 1.52. The number of aliphatic hydroxyl groups excluding tert-OH is 1. The van der Waals surface area contributed by atoms with Crippen LogP contribution in [0.5, 0.6) is 5.75 Å². The highest BCUT2D eigenvalue weighted by atomic mass is 16.5. The molecular formula is C11H16O2. The maximum absolute atomic E-state index is 9.46. The lowest BCUT2D eigenvalue weighted by Gasteiger charge is -2.13. The van der Waals surface area contributed by atoms with Gasteiger partial charge in [-0.1, -0.05) is 6.07 Å². The number of methoxy groups -OCH3 is 1. The summed E-state index contributed by atoms with van der Waals surface area (Å²) >= 11 is 0. The van der Waals surface area contributed by atoms with Gasteiger partial charge in [0.2, 0.25) is 0 Å². The first kappa shape index (κ1) is 10.1. The number of aliphatic hydroxyl groups is 1. The summed E-state index contributed by atoms with van der Waals surface area (Å²) in [4.78, 5) is 0.